The number of ketones is 1. The van der Waals surface area contributed by atoms with E-state index in [0.717, 1.165) is 15.9 Å². The first-order valence-corrected chi connectivity index (χ1v) is 9.38. The Morgan fingerprint density at radius 3 is 2.59 bits per heavy atom. The highest BCUT2D eigenvalue weighted by Crippen LogP contribution is 2.17. The summed E-state index contributed by atoms with van der Waals surface area (Å²) in [6.07, 6.45) is 0. The molecule has 4 aromatic rings. The molecular formula is C21H18ClN5O2. The van der Waals surface area contributed by atoms with Gasteiger partial charge < -0.3 is 5.32 Å². The number of carbonyl (C=O) groups excluding carboxylic acids is 1. The van der Waals surface area contributed by atoms with Crippen LogP contribution in [0, 0.1) is 13.8 Å². The smallest absolute Gasteiger partial charge is 0.325 e. The highest BCUT2D eigenvalue weighted by atomic mass is 35.5. The van der Waals surface area contributed by atoms with Crippen molar-refractivity contribution < 1.29 is 4.79 Å². The van der Waals surface area contributed by atoms with Crippen LogP contribution in [-0.2, 0) is 6.54 Å². The van der Waals surface area contributed by atoms with Crippen molar-refractivity contribution in [3.8, 4) is 0 Å². The molecule has 0 saturated heterocycles. The molecule has 0 spiro atoms. The van der Waals surface area contributed by atoms with Gasteiger partial charge in [0.2, 0.25) is 5.95 Å². The van der Waals surface area contributed by atoms with Crippen LogP contribution < -0.4 is 11.0 Å². The molecule has 0 atom stereocenters. The Labute approximate surface area is 171 Å². The van der Waals surface area contributed by atoms with Gasteiger partial charge in [-0.3, -0.25) is 4.79 Å². The first-order chi connectivity index (χ1) is 13.9. The maximum atomic E-state index is 12.9. The second kappa shape index (κ2) is 7.52. The largest absolute Gasteiger partial charge is 0.353 e. The van der Waals surface area contributed by atoms with Gasteiger partial charge in [0.25, 0.3) is 0 Å². The highest BCUT2D eigenvalue weighted by molar-refractivity contribution is 6.30. The van der Waals surface area contributed by atoms with Gasteiger partial charge in [-0.25, -0.2) is 18.9 Å². The van der Waals surface area contributed by atoms with Crippen LogP contribution in [-0.4, -0.2) is 24.9 Å². The number of nitrogens with one attached hydrogen (secondary N) is 1. The summed E-state index contributed by atoms with van der Waals surface area (Å²) in [6.45, 7) is 3.63. The normalized spacial score (nSPS) is 11.0. The predicted molar refractivity (Wildman–Crippen MR) is 112 cm³/mol. The Morgan fingerprint density at radius 2 is 1.86 bits per heavy atom. The number of rotatable bonds is 5. The lowest BCUT2D eigenvalue weighted by Crippen LogP contribution is -2.26. The van der Waals surface area contributed by atoms with Gasteiger partial charge in [-0.05, 0) is 55.8 Å². The maximum Gasteiger partial charge on any atom is 0.353 e. The number of nitrogens with zero attached hydrogens (tertiary/aromatic N) is 4. The van der Waals surface area contributed by atoms with E-state index < -0.39 is 5.69 Å². The number of halogens is 1. The molecule has 4 rings (SSSR count). The fourth-order valence-corrected chi connectivity index (χ4v) is 3.18. The molecule has 8 heteroatoms. The molecule has 0 aliphatic rings. The second-order valence-electron chi connectivity index (χ2n) is 6.78. The fourth-order valence-electron chi connectivity index (χ4n) is 3.06. The molecule has 29 heavy (non-hydrogen) atoms. The molecule has 0 amide bonds. The van der Waals surface area contributed by atoms with Crippen LogP contribution in [0.2, 0.25) is 5.02 Å². The molecule has 2 aromatic heterocycles. The lowest BCUT2D eigenvalue weighted by molar-refractivity contribution is 0.0966. The third kappa shape index (κ3) is 3.90. The molecule has 0 unspecified atom stereocenters. The van der Waals surface area contributed by atoms with Crippen LogP contribution in [0.5, 0.6) is 0 Å². The molecule has 0 aliphatic heterocycles. The Balaban J connectivity index is 1.72. The molecule has 0 saturated carbocycles. The van der Waals surface area contributed by atoms with Crippen molar-refractivity contribution in [2.24, 2.45) is 0 Å². The topological polar surface area (TPSA) is 81.3 Å². The van der Waals surface area contributed by atoms with Crippen LogP contribution in [0.4, 0.5) is 11.6 Å². The minimum atomic E-state index is -0.440. The van der Waals surface area contributed by atoms with E-state index in [0.29, 0.717) is 27.9 Å². The zero-order valence-corrected chi connectivity index (χ0v) is 16.6. The number of aryl methyl sites for hydroxylation is 2. The van der Waals surface area contributed by atoms with Crippen molar-refractivity contribution >= 4 is 34.7 Å². The number of carbonyl (C=O) groups is 1. The zero-order chi connectivity index (χ0) is 20.5. The Kier molecular flexibility index (Phi) is 4.90. The van der Waals surface area contributed by atoms with Gasteiger partial charge in [0, 0.05) is 28.0 Å². The van der Waals surface area contributed by atoms with Gasteiger partial charge >= 0.3 is 5.69 Å². The number of Topliss-reactive ketones (excluding diaryl/α,β-unsaturated/α-hetero) is 1. The Hall–Kier alpha value is -3.45. The summed E-state index contributed by atoms with van der Waals surface area (Å²) in [5.41, 5.74) is 3.03. The van der Waals surface area contributed by atoms with E-state index in [1.165, 1.54) is 4.40 Å². The van der Waals surface area contributed by atoms with Gasteiger partial charge in [0.1, 0.15) is 6.54 Å². The quantitative estimate of drug-likeness (QED) is 0.509. The van der Waals surface area contributed by atoms with Crippen molar-refractivity contribution in [1.29, 1.82) is 0 Å². The maximum absolute atomic E-state index is 12.9. The summed E-state index contributed by atoms with van der Waals surface area (Å²) in [7, 11) is 0. The summed E-state index contributed by atoms with van der Waals surface area (Å²) in [6, 6.07) is 16.0. The number of benzene rings is 2. The summed E-state index contributed by atoms with van der Waals surface area (Å²) >= 11 is 5.87. The van der Waals surface area contributed by atoms with Crippen molar-refractivity contribution in [3.05, 3.63) is 86.9 Å². The Morgan fingerprint density at radius 1 is 1.10 bits per heavy atom. The molecule has 2 heterocycles. The van der Waals surface area contributed by atoms with Crippen molar-refractivity contribution in [1.82, 2.24) is 19.2 Å². The van der Waals surface area contributed by atoms with Crippen LogP contribution in [0.25, 0.3) is 5.65 Å². The van der Waals surface area contributed by atoms with E-state index in [2.05, 4.69) is 15.4 Å². The van der Waals surface area contributed by atoms with E-state index in [1.54, 1.807) is 30.3 Å². The monoisotopic (exact) mass is 407 g/mol. The summed E-state index contributed by atoms with van der Waals surface area (Å²) in [5.74, 6) is 0.117. The fraction of sp³-hybridized carbons (Fsp3) is 0.143. The van der Waals surface area contributed by atoms with E-state index in [1.807, 2.05) is 38.1 Å². The number of aromatic nitrogens is 4. The molecule has 0 fully saturated rings. The lowest BCUT2D eigenvalue weighted by atomic mass is 10.1. The minimum absolute atomic E-state index is 0.176. The Bertz CT molecular complexity index is 1270. The van der Waals surface area contributed by atoms with Gasteiger partial charge in [0.05, 0.1) is 0 Å². The highest BCUT2D eigenvalue weighted by Gasteiger charge is 2.16. The van der Waals surface area contributed by atoms with E-state index in [-0.39, 0.29) is 12.3 Å². The van der Waals surface area contributed by atoms with Gasteiger partial charge in [-0.15, -0.1) is 5.10 Å². The average molecular weight is 408 g/mol. The van der Waals surface area contributed by atoms with Crippen molar-refractivity contribution in [2.75, 3.05) is 5.32 Å². The first kappa shape index (κ1) is 18.9. The van der Waals surface area contributed by atoms with Crippen LogP contribution in [0.15, 0.2) is 59.4 Å². The summed E-state index contributed by atoms with van der Waals surface area (Å²) in [4.78, 5) is 29.9. The molecule has 0 bridgehead atoms. The number of hydrogen-bond donors (Lipinski definition) is 1. The van der Waals surface area contributed by atoms with Crippen molar-refractivity contribution in [2.45, 2.75) is 20.4 Å². The zero-order valence-electron chi connectivity index (χ0n) is 15.9. The van der Waals surface area contributed by atoms with Gasteiger partial charge in [-0.1, -0.05) is 23.7 Å². The summed E-state index contributed by atoms with van der Waals surface area (Å²) < 4.78 is 2.51. The van der Waals surface area contributed by atoms with E-state index >= 15 is 0 Å². The summed E-state index contributed by atoms with van der Waals surface area (Å²) in [5, 5.41) is 8.03. The molecule has 0 radical (unpaired) electrons. The van der Waals surface area contributed by atoms with Gasteiger partial charge in [-0.2, -0.15) is 0 Å². The second-order valence-corrected chi connectivity index (χ2v) is 7.22. The van der Waals surface area contributed by atoms with Crippen LogP contribution >= 0.6 is 11.6 Å². The number of hydrogen-bond acceptors (Lipinski definition) is 5. The molecule has 146 valence electrons. The molecule has 7 nitrogen and oxygen atoms in total. The third-order valence-electron chi connectivity index (χ3n) is 4.43. The van der Waals surface area contributed by atoms with Crippen LogP contribution in [0.1, 0.15) is 21.6 Å². The minimum Gasteiger partial charge on any atom is -0.325 e. The number of anilines is 2. The van der Waals surface area contributed by atoms with E-state index in [9.17, 15) is 9.59 Å². The number of fused-ring (bicyclic) bond motifs is 1. The lowest BCUT2D eigenvalue weighted by Gasteiger charge is -2.08. The molecular weight excluding hydrogens is 390 g/mol. The van der Waals surface area contributed by atoms with Crippen LogP contribution in [0.3, 0.4) is 0 Å². The first-order valence-electron chi connectivity index (χ1n) is 9.00. The molecule has 2 aromatic carbocycles. The molecule has 1 N–H and O–H groups in total. The predicted octanol–water partition coefficient (Wildman–Crippen LogP) is 3.79. The standard InChI is InChI=1S/C21H18ClN5O2/c1-13-4-3-5-17(10-13)24-20-23-14(2)11-19-25-26(21(29)27(19)20)12-18(28)15-6-8-16(22)9-7-15/h3-11H,12H2,1-2H3,(H,23,24). The van der Waals surface area contributed by atoms with Crippen molar-refractivity contribution in [3.63, 3.8) is 0 Å². The third-order valence-corrected chi connectivity index (χ3v) is 4.68. The van der Waals surface area contributed by atoms with E-state index in [4.69, 9.17) is 11.6 Å². The molecule has 0 aliphatic carbocycles. The SMILES string of the molecule is Cc1cccc(Nc2nc(C)cc3nn(CC(=O)c4ccc(Cl)cc4)c(=O)n23)c1. The van der Waals surface area contributed by atoms with Gasteiger partial charge in [0.15, 0.2) is 11.4 Å². The average Bonchev–Trinajstić information content (AvgIpc) is 2.97.